The first kappa shape index (κ1) is 24.9. The number of rotatable bonds is 6. The van der Waals surface area contributed by atoms with Crippen molar-refractivity contribution in [2.24, 2.45) is 0 Å². The molecule has 0 saturated carbocycles. The zero-order valence-electron chi connectivity index (χ0n) is 19.2. The van der Waals surface area contributed by atoms with Crippen molar-refractivity contribution in [2.45, 2.75) is 58.4 Å². The van der Waals surface area contributed by atoms with E-state index in [1.807, 2.05) is 64.2 Å². The first-order chi connectivity index (χ1) is 15.1. The molecule has 1 fully saturated rings. The van der Waals surface area contributed by atoms with E-state index < -0.39 is 5.60 Å². The maximum Gasteiger partial charge on any atom is 0.410 e. The van der Waals surface area contributed by atoms with Crippen molar-refractivity contribution in [3.8, 4) is 5.75 Å². The highest BCUT2D eigenvalue weighted by Gasteiger charge is 2.28. The van der Waals surface area contributed by atoms with Gasteiger partial charge in [0.25, 0.3) is 0 Å². The number of nitrogens with zero attached hydrogens (tertiary/aromatic N) is 2. The van der Waals surface area contributed by atoms with Gasteiger partial charge in [0.15, 0.2) is 0 Å². The maximum absolute atomic E-state index is 12.4. The summed E-state index contributed by atoms with van der Waals surface area (Å²) in [5.41, 5.74) is 1.75. The molecule has 32 heavy (non-hydrogen) atoms. The molecule has 3 rings (SSSR count). The van der Waals surface area contributed by atoms with Crippen molar-refractivity contribution < 1.29 is 14.3 Å². The number of hydrogen-bond donors (Lipinski definition) is 0. The molecule has 1 heterocycles. The summed E-state index contributed by atoms with van der Waals surface area (Å²) >= 11 is 9.56. The fourth-order valence-electron chi connectivity index (χ4n) is 3.74. The minimum Gasteiger partial charge on any atom is -0.489 e. The van der Waals surface area contributed by atoms with Crippen LogP contribution in [0.4, 0.5) is 4.79 Å². The Labute approximate surface area is 204 Å². The second-order valence-corrected chi connectivity index (χ2v) is 10.6. The van der Waals surface area contributed by atoms with Crippen molar-refractivity contribution >= 4 is 33.6 Å². The first-order valence-electron chi connectivity index (χ1n) is 10.9. The Morgan fingerprint density at radius 3 is 2.44 bits per heavy atom. The van der Waals surface area contributed by atoms with Crippen LogP contribution in [0.15, 0.2) is 46.9 Å². The van der Waals surface area contributed by atoms with Gasteiger partial charge in [0, 0.05) is 47.8 Å². The van der Waals surface area contributed by atoms with Crippen LogP contribution < -0.4 is 4.74 Å². The summed E-state index contributed by atoms with van der Waals surface area (Å²) in [4.78, 5) is 16.5. The molecule has 0 radical (unpaired) electrons. The summed E-state index contributed by atoms with van der Waals surface area (Å²) in [6.45, 7) is 8.82. The van der Waals surface area contributed by atoms with E-state index in [-0.39, 0.29) is 12.1 Å². The van der Waals surface area contributed by atoms with Crippen molar-refractivity contribution in [1.29, 1.82) is 0 Å². The lowest BCUT2D eigenvalue weighted by Crippen LogP contribution is -2.46. The van der Waals surface area contributed by atoms with Crippen LogP contribution in [0.3, 0.4) is 0 Å². The SMILES string of the molecule is CN(C(=O)OC(C)(C)C)C1CCN(Cc2cc(Br)ccc2OCc2ccc(Cl)cc2)CC1. The van der Waals surface area contributed by atoms with Crippen molar-refractivity contribution in [3.63, 3.8) is 0 Å². The molecule has 1 aliphatic heterocycles. The molecule has 2 aromatic rings. The molecule has 0 atom stereocenters. The van der Waals surface area contributed by atoms with E-state index in [1.165, 1.54) is 0 Å². The highest BCUT2D eigenvalue weighted by Crippen LogP contribution is 2.27. The van der Waals surface area contributed by atoms with Crippen LogP contribution in [0, 0.1) is 0 Å². The molecule has 7 heteroatoms. The van der Waals surface area contributed by atoms with Crippen LogP contribution in [0.1, 0.15) is 44.7 Å². The Balaban J connectivity index is 1.56. The Morgan fingerprint density at radius 2 is 1.81 bits per heavy atom. The van der Waals surface area contributed by atoms with Crippen LogP contribution in [0.5, 0.6) is 5.75 Å². The number of carbonyl (C=O) groups is 1. The van der Waals surface area contributed by atoms with Gasteiger partial charge < -0.3 is 14.4 Å². The van der Waals surface area contributed by atoms with Crippen molar-refractivity contribution in [1.82, 2.24) is 9.80 Å². The number of amides is 1. The van der Waals surface area contributed by atoms with E-state index in [0.29, 0.717) is 6.61 Å². The third-order valence-electron chi connectivity index (χ3n) is 5.51. The predicted molar refractivity (Wildman–Crippen MR) is 132 cm³/mol. The third kappa shape index (κ3) is 7.39. The van der Waals surface area contributed by atoms with Crippen molar-refractivity contribution in [2.75, 3.05) is 20.1 Å². The molecule has 2 aromatic carbocycles. The van der Waals surface area contributed by atoms with Gasteiger partial charge in [0.1, 0.15) is 18.0 Å². The van der Waals surface area contributed by atoms with E-state index in [1.54, 1.807) is 4.90 Å². The summed E-state index contributed by atoms with van der Waals surface area (Å²) in [5.74, 6) is 0.885. The largest absolute Gasteiger partial charge is 0.489 e. The fraction of sp³-hybridized carbons (Fsp3) is 0.480. The smallest absolute Gasteiger partial charge is 0.410 e. The molecule has 5 nitrogen and oxygen atoms in total. The predicted octanol–water partition coefficient (Wildman–Crippen LogP) is 6.51. The number of likely N-dealkylation sites (tertiary alicyclic amines) is 1. The van der Waals surface area contributed by atoms with Gasteiger partial charge in [-0.3, -0.25) is 4.90 Å². The summed E-state index contributed by atoms with van der Waals surface area (Å²) in [6, 6.07) is 14.0. The molecule has 1 saturated heterocycles. The molecule has 0 N–H and O–H groups in total. The number of halogens is 2. The van der Waals surface area contributed by atoms with Crippen LogP contribution in [-0.2, 0) is 17.9 Å². The van der Waals surface area contributed by atoms with E-state index in [2.05, 4.69) is 26.9 Å². The standard InChI is InChI=1S/C25H32BrClN2O3/c1-25(2,3)32-24(30)28(4)22-11-13-29(14-12-22)16-19-15-20(26)7-10-23(19)31-17-18-5-8-21(27)9-6-18/h5-10,15,22H,11-14,16-17H2,1-4H3. The normalized spacial score (nSPS) is 15.4. The minimum atomic E-state index is -0.477. The van der Waals surface area contributed by atoms with Gasteiger partial charge >= 0.3 is 6.09 Å². The second-order valence-electron chi connectivity index (χ2n) is 9.27. The number of piperidine rings is 1. The molecule has 0 aliphatic carbocycles. The van der Waals surface area contributed by atoms with E-state index in [4.69, 9.17) is 21.1 Å². The van der Waals surface area contributed by atoms with Gasteiger partial charge in [-0.2, -0.15) is 0 Å². The Morgan fingerprint density at radius 1 is 1.16 bits per heavy atom. The second kappa shape index (κ2) is 10.9. The fourth-order valence-corrected chi connectivity index (χ4v) is 4.28. The summed E-state index contributed by atoms with van der Waals surface area (Å²) in [6.07, 6.45) is 1.59. The highest BCUT2D eigenvalue weighted by molar-refractivity contribution is 9.10. The van der Waals surface area contributed by atoms with Gasteiger partial charge in [-0.25, -0.2) is 4.79 Å². The monoisotopic (exact) mass is 522 g/mol. The Kier molecular flexibility index (Phi) is 8.48. The van der Waals surface area contributed by atoms with E-state index in [9.17, 15) is 4.79 Å². The summed E-state index contributed by atoms with van der Waals surface area (Å²) in [5, 5.41) is 0.721. The third-order valence-corrected chi connectivity index (χ3v) is 6.26. The number of benzene rings is 2. The lowest BCUT2D eigenvalue weighted by molar-refractivity contribution is 0.0148. The minimum absolute atomic E-state index is 0.198. The molecule has 0 aromatic heterocycles. The first-order valence-corrected chi connectivity index (χ1v) is 12.1. The van der Waals surface area contributed by atoms with E-state index in [0.717, 1.165) is 58.8 Å². The summed E-state index contributed by atoms with van der Waals surface area (Å²) in [7, 11) is 1.84. The van der Waals surface area contributed by atoms with Gasteiger partial charge in [0.2, 0.25) is 0 Å². The van der Waals surface area contributed by atoms with Gasteiger partial charge in [-0.1, -0.05) is 39.7 Å². The quantitative estimate of drug-likeness (QED) is 0.433. The number of ether oxygens (including phenoxy) is 2. The zero-order valence-corrected chi connectivity index (χ0v) is 21.6. The molecular formula is C25H32BrClN2O3. The Hall–Kier alpha value is -1.76. The van der Waals surface area contributed by atoms with Gasteiger partial charge in [-0.15, -0.1) is 0 Å². The highest BCUT2D eigenvalue weighted by atomic mass is 79.9. The molecular weight excluding hydrogens is 492 g/mol. The zero-order chi connectivity index (χ0) is 23.3. The number of carbonyl (C=O) groups excluding carboxylic acids is 1. The lowest BCUT2D eigenvalue weighted by Gasteiger charge is -2.37. The Bertz CT molecular complexity index is 906. The van der Waals surface area contributed by atoms with Crippen molar-refractivity contribution in [3.05, 3.63) is 63.1 Å². The topological polar surface area (TPSA) is 42.0 Å². The van der Waals surface area contributed by atoms with Crippen LogP contribution in [0.2, 0.25) is 5.02 Å². The summed E-state index contributed by atoms with van der Waals surface area (Å²) < 4.78 is 12.7. The molecule has 174 valence electrons. The lowest BCUT2D eigenvalue weighted by atomic mass is 10.0. The van der Waals surface area contributed by atoms with Gasteiger partial charge in [0.05, 0.1) is 0 Å². The maximum atomic E-state index is 12.4. The molecule has 1 aliphatic rings. The van der Waals surface area contributed by atoms with E-state index >= 15 is 0 Å². The molecule has 0 unspecified atom stereocenters. The molecule has 1 amide bonds. The number of hydrogen-bond acceptors (Lipinski definition) is 4. The van der Waals surface area contributed by atoms with Crippen LogP contribution >= 0.6 is 27.5 Å². The van der Waals surface area contributed by atoms with Crippen LogP contribution in [-0.4, -0.2) is 47.7 Å². The molecule has 0 bridgehead atoms. The molecule has 0 spiro atoms. The van der Waals surface area contributed by atoms with Crippen LogP contribution in [0.25, 0.3) is 0 Å². The average Bonchev–Trinajstić information content (AvgIpc) is 2.73. The van der Waals surface area contributed by atoms with Gasteiger partial charge in [-0.05, 0) is 69.5 Å². The average molecular weight is 524 g/mol.